The van der Waals surface area contributed by atoms with Crippen LogP contribution >= 0.6 is 12.4 Å². The Hall–Kier alpha value is -2.42. The molecule has 1 aliphatic rings. The number of rotatable bonds is 4. The van der Waals surface area contributed by atoms with Gasteiger partial charge in [0.2, 0.25) is 11.7 Å². The Morgan fingerprint density at radius 1 is 1.03 bits per heavy atom. The zero-order chi connectivity index (χ0) is 19.7. The summed E-state index contributed by atoms with van der Waals surface area (Å²) < 4.78 is 43.3. The summed E-state index contributed by atoms with van der Waals surface area (Å²) in [5, 5.41) is 3.89. The molecule has 1 fully saturated rings. The highest BCUT2D eigenvalue weighted by molar-refractivity contribution is 5.85. The number of alkyl halides is 3. The van der Waals surface area contributed by atoms with Gasteiger partial charge in [0.25, 0.3) is 0 Å². The monoisotopic (exact) mass is 424 g/mol. The Bertz CT molecular complexity index is 931. The van der Waals surface area contributed by atoms with E-state index < -0.39 is 11.7 Å². The molecule has 154 valence electrons. The number of likely N-dealkylation sites (tertiary alicyclic amines) is 1. The van der Waals surface area contributed by atoms with Crippen LogP contribution in [0.4, 0.5) is 13.2 Å². The van der Waals surface area contributed by atoms with Crippen molar-refractivity contribution in [1.29, 1.82) is 0 Å². The topological polar surface area (TPSA) is 68.2 Å². The first-order valence-corrected chi connectivity index (χ1v) is 8.93. The Kier molecular flexibility index (Phi) is 6.26. The van der Waals surface area contributed by atoms with E-state index in [1.165, 1.54) is 17.7 Å². The minimum atomic E-state index is -4.37. The van der Waals surface area contributed by atoms with Gasteiger partial charge in [-0.3, -0.25) is 4.90 Å². The van der Waals surface area contributed by atoms with E-state index in [2.05, 4.69) is 27.2 Å². The van der Waals surface area contributed by atoms with Gasteiger partial charge in [-0.15, -0.1) is 12.4 Å². The van der Waals surface area contributed by atoms with Crippen molar-refractivity contribution in [3.8, 4) is 11.4 Å². The summed E-state index contributed by atoms with van der Waals surface area (Å²) in [5.74, 6) is 0.918. The van der Waals surface area contributed by atoms with Crippen LogP contribution in [0.2, 0.25) is 0 Å². The molecule has 0 saturated carbocycles. The second-order valence-electron chi connectivity index (χ2n) is 6.96. The highest BCUT2D eigenvalue weighted by Crippen LogP contribution is 2.31. The van der Waals surface area contributed by atoms with Crippen LogP contribution in [-0.2, 0) is 12.7 Å². The van der Waals surface area contributed by atoms with Crippen molar-refractivity contribution in [2.45, 2.75) is 24.7 Å². The summed E-state index contributed by atoms with van der Waals surface area (Å²) in [4.78, 5) is 6.46. The van der Waals surface area contributed by atoms with Gasteiger partial charge in [-0.1, -0.05) is 47.6 Å². The number of hydrogen-bond acceptors (Lipinski definition) is 5. The summed E-state index contributed by atoms with van der Waals surface area (Å²) in [7, 11) is 0. The molecule has 2 atom stereocenters. The van der Waals surface area contributed by atoms with E-state index in [1.807, 2.05) is 18.2 Å². The molecule has 3 aromatic rings. The Labute approximate surface area is 172 Å². The average molecular weight is 425 g/mol. The van der Waals surface area contributed by atoms with E-state index in [0.29, 0.717) is 24.5 Å². The van der Waals surface area contributed by atoms with Crippen molar-refractivity contribution in [2.24, 2.45) is 5.73 Å². The molecule has 0 spiro atoms. The number of nitrogens with zero attached hydrogens (tertiary/aromatic N) is 3. The van der Waals surface area contributed by atoms with E-state index in [1.54, 1.807) is 0 Å². The van der Waals surface area contributed by atoms with Crippen LogP contribution in [0.15, 0.2) is 59.1 Å². The van der Waals surface area contributed by atoms with Gasteiger partial charge < -0.3 is 10.3 Å². The number of aromatic nitrogens is 2. The third-order valence-electron chi connectivity index (χ3n) is 4.97. The molecule has 29 heavy (non-hydrogen) atoms. The lowest BCUT2D eigenvalue weighted by molar-refractivity contribution is -0.137. The summed E-state index contributed by atoms with van der Waals surface area (Å²) in [6, 6.07) is 14.8. The van der Waals surface area contributed by atoms with Gasteiger partial charge in [0, 0.05) is 30.6 Å². The third-order valence-corrected chi connectivity index (χ3v) is 4.97. The van der Waals surface area contributed by atoms with Crippen LogP contribution in [0, 0.1) is 0 Å². The average Bonchev–Trinajstić information content (AvgIpc) is 3.29. The Balaban J connectivity index is 0.00000240. The third kappa shape index (κ3) is 4.77. The van der Waals surface area contributed by atoms with Crippen LogP contribution in [-0.4, -0.2) is 34.2 Å². The fourth-order valence-electron chi connectivity index (χ4n) is 3.53. The minimum absolute atomic E-state index is 0. The van der Waals surface area contributed by atoms with E-state index in [9.17, 15) is 13.2 Å². The number of hydrogen-bond donors (Lipinski definition) is 1. The van der Waals surface area contributed by atoms with Gasteiger partial charge in [0.15, 0.2) is 0 Å². The maximum absolute atomic E-state index is 12.7. The molecular formula is C20H20ClF3N4O. The van der Waals surface area contributed by atoms with E-state index >= 15 is 0 Å². The van der Waals surface area contributed by atoms with E-state index in [4.69, 9.17) is 10.3 Å². The number of nitrogens with two attached hydrogens (primary N) is 1. The summed E-state index contributed by atoms with van der Waals surface area (Å²) >= 11 is 0. The van der Waals surface area contributed by atoms with Gasteiger partial charge >= 0.3 is 6.18 Å². The summed E-state index contributed by atoms with van der Waals surface area (Å²) in [6.45, 7) is 1.94. The van der Waals surface area contributed by atoms with Crippen molar-refractivity contribution >= 4 is 12.4 Å². The Morgan fingerprint density at radius 2 is 1.72 bits per heavy atom. The molecule has 0 unspecified atom stereocenters. The standard InChI is InChI=1S/C20H19F3N4O.ClH/c21-20(22,23)15-8-6-14(7-9-15)19-25-18(28-26-19)12-27-10-16(17(24)11-27)13-4-2-1-3-5-13;/h1-9,16-17H,10-12,24H2;1H/t16-,17+;/m0./s1. The molecule has 0 amide bonds. The first-order chi connectivity index (χ1) is 13.4. The normalized spacial score (nSPS) is 19.9. The van der Waals surface area contributed by atoms with Gasteiger partial charge in [-0.25, -0.2) is 0 Å². The first-order valence-electron chi connectivity index (χ1n) is 8.93. The molecule has 9 heteroatoms. The maximum Gasteiger partial charge on any atom is 0.416 e. The number of halogens is 4. The van der Waals surface area contributed by atoms with Crippen LogP contribution in [0.3, 0.4) is 0 Å². The minimum Gasteiger partial charge on any atom is -0.338 e. The van der Waals surface area contributed by atoms with Gasteiger partial charge in [0.1, 0.15) is 0 Å². The highest BCUT2D eigenvalue weighted by Gasteiger charge is 2.32. The van der Waals surface area contributed by atoms with Crippen molar-refractivity contribution < 1.29 is 17.7 Å². The van der Waals surface area contributed by atoms with Gasteiger partial charge in [0.05, 0.1) is 12.1 Å². The zero-order valence-corrected chi connectivity index (χ0v) is 16.2. The molecular weight excluding hydrogens is 405 g/mol. The SMILES string of the molecule is Cl.N[C@@H]1CN(Cc2nc(-c3ccc(C(F)(F)F)cc3)no2)C[C@H]1c1ccccc1. The molecule has 0 aliphatic carbocycles. The van der Waals surface area contributed by atoms with E-state index in [0.717, 1.165) is 18.7 Å². The van der Waals surface area contributed by atoms with Gasteiger partial charge in [-0.05, 0) is 17.7 Å². The van der Waals surface area contributed by atoms with Crippen LogP contribution < -0.4 is 5.73 Å². The highest BCUT2D eigenvalue weighted by atomic mass is 35.5. The predicted octanol–water partition coefficient (Wildman–Crippen LogP) is 4.10. The van der Waals surface area contributed by atoms with Crippen LogP contribution in [0.25, 0.3) is 11.4 Å². The molecule has 2 aromatic carbocycles. The largest absolute Gasteiger partial charge is 0.416 e. The van der Waals surface area contributed by atoms with Gasteiger partial charge in [-0.2, -0.15) is 18.2 Å². The molecule has 0 radical (unpaired) electrons. The molecule has 1 saturated heterocycles. The molecule has 2 heterocycles. The van der Waals surface area contributed by atoms with Crippen molar-refractivity contribution in [3.05, 3.63) is 71.6 Å². The molecule has 4 rings (SSSR count). The second kappa shape index (κ2) is 8.52. The van der Waals surface area contributed by atoms with Crippen molar-refractivity contribution in [2.75, 3.05) is 13.1 Å². The van der Waals surface area contributed by atoms with Crippen LogP contribution in [0.5, 0.6) is 0 Å². The van der Waals surface area contributed by atoms with Crippen molar-refractivity contribution in [1.82, 2.24) is 15.0 Å². The fraction of sp³-hybridized carbons (Fsp3) is 0.300. The smallest absolute Gasteiger partial charge is 0.338 e. The molecule has 5 nitrogen and oxygen atoms in total. The quantitative estimate of drug-likeness (QED) is 0.682. The molecule has 1 aromatic heterocycles. The molecule has 2 N–H and O–H groups in total. The molecule has 0 bridgehead atoms. The fourth-order valence-corrected chi connectivity index (χ4v) is 3.53. The van der Waals surface area contributed by atoms with E-state index in [-0.39, 0.29) is 30.2 Å². The van der Waals surface area contributed by atoms with Crippen molar-refractivity contribution in [3.63, 3.8) is 0 Å². The maximum atomic E-state index is 12.7. The van der Waals surface area contributed by atoms with Crippen LogP contribution in [0.1, 0.15) is 22.9 Å². The summed E-state index contributed by atoms with van der Waals surface area (Å²) in [6.07, 6.45) is -4.37. The first kappa shape index (κ1) is 21.3. The second-order valence-corrected chi connectivity index (χ2v) is 6.96. The predicted molar refractivity (Wildman–Crippen MR) is 104 cm³/mol. The lowest BCUT2D eigenvalue weighted by Crippen LogP contribution is -2.28. The Morgan fingerprint density at radius 3 is 2.38 bits per heavy atom. The number of benzene rings is 2. The lowest BCUT2D eigenvalue weighted by atomic mass is 9.95. The zero-order valence-electron chi connectivity index (χ0n) is 15.3. The molecule has 1 aliphatic heterocycles. The summed E-state index contributed by atoms with van der Waals surface area (Å²) in [5.41, 5.74) is 7.27. The lowest BCUT2D eigenvalue weighted by Gasteiger charge is -2.14.